The fourth-order valence-corrected chi connectivity index (χ4v) is 5.45. The number of thiophene rings is 1. The van der Waals surface area contributed by atoms with Crippen molar-refractivity contribution in [2.45, 2.75) is 10.6 Å². The van der Waals surface area contributed by atoms with Crippen LogP contribution in [0.3, 0.4) is 0 Å². The van der Waals surface area contributed by atoms with Crippen LogP contribution in [0.1, 0.15) is 6.42 Å². The summed E-state index contributed by atoms with van der Waals surface area (Å²) in [4.78, 5) is 23.9. The van der Waals surface area contributed by atoms with Gasteiger partial charge in [-0.3, -0.25) is 14.5 Å². The molecule has 12 heteroatoms. The van der Waals surface area contributed by atoms with Crippen LogP contribution in [0.2, 0.25) is 4.34 Å². The van der Waals surface area contributed by atoms with Crippen molar-refractivity contribution < 1.29 is 23.1 Å². The third-order valence-electron chi connectivity index (χ3n) is 3.49. The summed E-state index contributed by atoms with van der Waals surface area (Å²) in [6, 6.07) is 3.04. The molecule has 0 saturated carbocycles. The summed E-state index contributed by atoms with van der Waals surface area (Å²) in [7, 11) is -3.58. The number of hydrogen-bond acceptors (Lipinski definition) is 6. The van der Waals surface area contributed by atoms with Gasteiger partial charge in [0.05, 0.1) is 10.9 Å². The molecule has 1 aliphatic heterocycles. The van der Waals surface area contributed by atoms with E-state index in [-0.39, 0.29) is 29.7 Å². The molecule has 25 heavy (non-hydrogen) atoms. The summed E-state index contributed by atoms with van der Waals surface area (Å²) in [5.41, 5.74) is 0. The quantitative estimate of drug-likeness (QED) is 0.686. The van der Waals surface area contributed by atoms with Crippen molar-refractivity contribution in [3.8, 4) is 0 Å². The normalized spacial score (nSPS) is 16.7. The minimum Gasteiger partial charge on any atom is -0.480 e. The SMILES string of the molecule is Cl.O=C(O)CNC(=O)CN1CCCN(S(=O)(=O)c2ccc(Cl)s2)CC1. The largest absolute Gasteiger partial charge is 0.480 e. The van der Waals surface area contributed by atoms with Gasteiger partial charge in [0.25, 0.3) is 10.0 Å². The van der Waals surface area contributed by atoms with Crippen LogP contribution in [0, 0.1) is 0 Å². The van der Waals surface area contributed by atoms with Gasteiger partial charge in [-0.2, -0.15) is 4.31 Å². The van der Waals surface area contributed by atoms with E-state index in [4.69, 9.17) is 16.7 Å². The third kappa shape index (κ3) is 6.39. The first-order valence-corrected chi connectivity index (χ1v) is 9.89. The van der Waals surface area contributed by atoms with Crippen molar-refractivity contribution in [1.29, 1.82) is 0 Å². The summed E-state index contributed by atoms with van der Waals surface area (Å²) in [6.07, 6.45) is 0.588. The maximum Gasteiger partial charge on any atom is 0.322 e. The summed E-state index contributed by atoms with van der Waals surface area (Å²) in [5.74, 6) is -1.50. The number of amides is 1. The highest BCUT2D eigenvalue weighted by atomic mass is 35.5. The zero-order chi connectivity index (χ0) is 17.7. The number of carbonyl (C=O) groups excluding carboxylic acids is 1. The van der Waals surface area contributed by atoms with E-state index in [0.717, 1.165) is 11.3 Å². The van der Waals surface area contributed by atoms with Crippen LogP contribution in [-0.4, -0.2) is 73.9 Å². The van der Waals surface area contributed by atoms with E-state index in [1.807, 2.05) is 4.90 Å². The topological polar surface area (TPSA) is 107 Å². The molecule has 142 valence electrons. The Morgan fingerprint density at radius 1 is 1.24 bits per heavy atom. The van der Waals surface area contributed by atoms with E-state index >= 15 is 0 Å². The lowest BCUT2D eigenvalue weighted by Crippen LogP contribution is -2.41. The Bertz CT molecular complexity index is 710. The number of nitrogens with one attached hydrogen (secondary N) is 1. The Kier molecular flexibility index (Phi) is 8.58. The van der Waals surface area contributed by atoms with E-state index in [0.29, 0.717) is 30.4 Å². The molecule has 0 radical (unpaired) electrons. The number of carboxylic acid groups (broad SMARTS) is 1. The minimum absolute atomic E-state index is 0. The lowest BCUT2D eigenvalue weighted by Gasteiger charge is -2.20. The second-order valence-corrected chi connectivity index (χ2v) is 9.14. The van der Waals surface area contributed by atoms with Crippen LogP contribution < -0.4 is 5.32 Å². The number of carbonyl (C=O) groups is 2. The third-order valence-corrected chi connectivity index (χ3v) is 7.09. The molecule has 2 rings (SSSR count). The van der Waals surface area contributed by atoms with Gasteiger partial charge in [-0.25, -0.2) is 8.42 Å². The minimum atomic E-state index is -3.58. The van der Waals surface area contributed by atoms with Crippen LogP contribution in [0.4, 0.5) is 0 Å². The van der Waals surface area contributed by atoms with Gasteiger partial charge in [-0.15, -0.1) is 23.7 Å². The maximum atomic E-state index is 12.6. The van der Waals surface area contributed by atoms with Crippen LogP contribution in [0.15, 0.2) is 16.3 Å². The molecule has 0 atom stereocenters. The summed E-state index contributed by atoms with van der Waals surface area (Å²) in [6.45, 7) is 1.23. The van der Waals surface area contributed by atoms with E-state index in [1.54, 1.807) is 6.07 Å². The van der Waals surface area contributed by atoms with Crippen LogP contribution in [0.25, 0.3) is 0 Å². The summed E-state index contributed by atoms with van der Waals surface area (Å²) < 4.78 is 27.2. The van der Waals surface area contributed by atoms with Gasteiger partial charge in [0, 0.05) is 19.6 Å². The monoisotopic (exact) mass is 431 g/mol. The molecule has 1 aromatic rings. The number of rotatable bonds is 6. The lowest BCUT2D eigenvalue weighted by molar-refractivity contribution is -0.138. The van der Waals surface area contributed by atoms with Crippen molar-refractivity contribution in [3.05, 3.63) is 16.5 Å². The van der Waals surface area contributed by atoms with Gasteiger partial charge in [-0.05, 0) is 25.1 Å². The molecule has 1 saturated heterocycles. The zero-order valence-electron chi connectivity index (χ0n) is 13.2. The Hall–Kier alpha value is -0.910. The molecule has 8 nitrogen and oxygen atoms in total. The number of hydrogen-bond donors (Lipinski definition) is 2. The molecule has 0 aliphatic carbocycles. The summed E-state index contributed by atoms with van der Waals surface area (Å²) in [5, 5.41) is 10.8. The molecule has 0 unspecified atom stereocenters. The van der Waals surface area contributed by atoms with Crippen molar-refractivity contribution in [3.63, 3.8) is 0 Å². The Balaban J connectivity index is 0.00000312. The fraction of sp³-hybridized carbons (Fsp3) is 0.538. The van der Waals surface area contributed by atoms with E-state index in [2.05, 4.69) is 5.32 Å². The fourth-order valence-electron chi connectivity index (χ4n) is 2.34. The van der Waals surface area contributed by atoms with Crippen molar-refractivity contribution in [1.82, 2.24) is 14.5 Å². The predicted octanol–water partition coefficient (Wildman–Crippen LogP) is 0.720. The standard InChI is InChI=1S/C13H18ClN3O5S2.ClH/c14-10-2-3-13(23-10)24(21,22)17-5-1-4-16(6-7-17)9-11(18)15-8-12(19)20;/h2-3H,1,4-9H2,(H,15,18)(H,19,20);1H. The second-order valence-electron chi connectivity index (χ2n) is 5.26. The molecule has 0 spiro atoms. The molecule has 1 aromatic heterocycles. The molecule has 2 N–H and O–H groups in total. The predicted molar refractivity (Wildman–Crippen MR) is 97.0 cm³/mol. The van der Waals surface area contributed by atoms with Gasteiger partial charge >= 0.3 is 5.97 Å². The maximum absolute atomic E-state index is 12.6. The van der Waals surface area contributed by atoms with Crippen LogP contribution in [0.5, 0.6) is 0 Å². The highest BCUT2D eigenvalue weighted by Gasteiger charge is 2.28. The molecule has 2 heterocycles. The van der Waals surface area contributed by atoms with Gasteiger partial charge < -0.3 is 10.4 Å². The van der Waals surface area contributed by atoms with Gasteiger partial charge in [-0.1, -0.05) is 11.6 Å². The van der Waals surface area contributed by atoms with Crippen molar-refractivity contribution in [2.75, 3.05) is 39.3 Å². The molecular formula is C13H19Cl2N3O5S2. The average molecular weight is 432 g/mol. The van der Waals surface area contributed by atoms with Gasteiger partial charge in [0.15, 0.2) is 0 Å². The number of sulfonamides is 1. The lowest BCUT2D eigenvalue weighted by atomic mass is 10.4. The Morgan fingerprint density at radius 3 is 2.56 bits per heavy atom. The van der Waals surface area contributed by atoms with Crippen LogP contribution in [-0.2, 0) is 19.6 Å². The Morgan fingerprint density at radius 2 is 1.96 bits per heavy atom. The second kappa shape index (κ2) is 9.70. The Labute approximate surface area is 161 Å². The number of halogens is 2. The summed E-state index contributed by atoms with van der Waals surface area (Å²) >= 11 is 6.83. The first kappa shape index (κ1) is 22.1. The smallest absolute Gasteiger partial charge is 0.322 e. The van der Waals surface area contributed by atoms with Crippen LogP contribution >= 0.6 is 35.3 Å². The van der Waals surface area contributed by atoms with Crippen molar-refractivity contribution >= 4 is 57.2 Å². The highest BCUT2D eigenvalue weighted by Crippen LogP contribution is 2.28. The zero-order valence-corrected chi connectivity index (χ0v) is 16.4. The van der Waals surface area contributed by atoms with Gasteiger partial charge in [0.2, 0.25) is 5.91 Å². The molecular weight excluding hydrogens is 413 g/mol. The highest BCUT2D eigenvalue weighted by molar-refractivity contribution is 7.91. The molecule has 0 aromatic carbocycles. The first-order chi connectivity index (χ1) is 11.3. The van der Waals surface area contributed by atoms with Crippen molar-refractivity contribution in [2.24, 2.45) is 0 Å². The van der Waals surface area contributed by atoms with Gasteiger partial charge in [0.1, 0.15) is 10.8 Å². The number of aliphatic carboxylic acids is 1. The molecule has 1 aliphatic rings. The molecule has 1 fully saturated rings. The number of carboxylic acids is 1. The first-order valence-electron chi connectivity index (χ1n) is 7.25. The van der Waals surface area contributed by atoms with E-state index in [9.17, 15) is 18.0 Å². The molecule has 0 bridgehead atoms. The number of nitrogens with zero attached hydrogens (tertiary/aromatic N) is 2. The van der Waals surface area contributed by atoms with E-state index < -0.39 is 28.4 Å². The molecule has 1 amide bonds. The van der Waals surface area contributed by atoms with E-state index in [1.165, 1.54) is 10.4 Å². The average Bonchev–Trinajstić information content (AvgIpc) is 2.81.